The number of aryl methyl sites for hydroxylation is 1. The van der Waals surface area contributed by atoms with Crippen molar-refractivity contribution >= 4 is 11.6 Å². The van der Waals surface area contributed by atoms with Gasteiger partial charge in [0.05, 0.1) is 12.7 Å². The Morgan fingerprint density at radius 2 is 1.81 bits per heavy atom. The second kappa shape index (κ2) is 12.0. The number of piperazine rings is 1. The first-order valence-electron chi connectivity index (χ1n) is 12.8. The lowest BCUT2D eigenvalue weighted by molar-refractivity contribution is -0.137. The molecule has 1 fully saturated rings. The predicted octanol–water partition coefficient (Wildman–Crippen LogP) is 6.78. The van der Waals surface area contributed by atoms with Gasteiger partial charge in [-0.3, -0.25) is 4.79 Å². The fraction of sp³-hybridized carbons (Fsp3) is 0.552. The van der Waals surface area contributed by atoms with Gasteiger partial charge in [-0.25, -0.2) is 0 Å². The number of anilines is 1. The zero-order valence-corrected chi connectivity index (χ0v) is 22.1. The maximum absolute atomic E-state index is 13.3. The van der Waals surface area contributed by atoms with Crippen LogP contribution in [0.1, 0.15) is 58.1 Å². The molecule has 1 saturated heterocycles. The summed E-state index contributed by atoms with van der Waals surface area (Å²) in [7, 11) is 1.66. The molecule has 0 bridgehead atoms. The topological polar surface area (TPSA) is 32.8 Å². The molecule has 0 spiro atoms. The summed E-state index contributed by atoms with van der Waals surface area (Å²) >= 11 is 0. The second-order valence-electron chi connectivity index (χ2n) is 10.4. The number of allylic oxidation sites excluding steroid dienone is 5. The quantitative estimate of drug-likeness (QED) is 0.391. The van der Waals surface area contributed by atoms with Crippen molar-refractivity contribution in [1.29, 1.82) is 0 Å². The van der Waals surface area contributed by atoms with Gasteiger partial charge in [0.15, 0.2) is 0 Å². The molecule has 0 saturated carbocycles. The zero-order valence-electron chi connectivity index (χ0n) is 22.1. The van der Waals surface area contributed by atoms with Gasteiger partial charge in [-0.15, -0.1) is 0 Å². The van der Waals surface area contributed by atoms with Crippen LogP contribution in [0.15, 0.2) is 53.3 Å². The van der Waals surface area contributed by atoms with Gasteiger partial charge in [-0.1, -0.05) is 32.9 Å². The number of carbonyl (C=O) groups is 1. The molecule has 1 aromatic rings. The molecule has 1 aliphatic heterocycles. The number of benzene rings is 1. The molecule has 1 amide bonds. The van der Waals surface area contributed by atoms with Gasteiger partial charge in [0, 0.05) is 37.8 Å². The Labute approximate surface area is 213 Å². The van der Waals surface area contributed by atoms with Crippen molar-refractivity contribution < 1.29 is 22.7 Å². The average molecular weight is 505 g/mol. The number of ether oxygens (including phenoxy) is 1. The van der Waals surface area contributed by atoms with Crippen LogP contribution in [0.5, 0.6) is 0 Å². The molecule has 0 N–H and O–H groups in total. The molecule has 2 aliphatic rings. The number of methoxy groups -OCH3 is 1. The Kier molecular flexibility index (Phi) is 9.31. The number of alkyl halides is 3. The van der Waals surface area contributed by atoms with Gasteiger partial charge in [-0.2, -0.15) is 13.2 Å². The molecule has 1 aliphatic carbocycles. The first kappa shape index (κ1) is 27.9. The standard InChI is InChI=1S/C29H39F3N2O2/c1-20(2)9-10-23-19-25(29(30,31)32)11-12-26(23)33-13-15-34(16-14-33)28(35)22(4)18-24-8-6-7-21(3)17-27(24)36-5/h6-7,11-12,17,19-20,22H,8-10,13-16,18H2,1-5H3. The molecule has 1 aromatic carbocycles. The third kappa shape index (κ3) is 7.17. The van der Waals surface area contributed by atoms with Gasteiger partial charge in [-0.05, 0) is 79.5 Å². The van der Waals surface area contributed by atoms with Crippen molar-refractivity contribution in [3.8, 4) is 0 Å². The van der Waals surface area contributed by atoms with E-state index in [4.69, 9.17) is 4.74 Å². The maximum Gasteiger partial charge on any atom is 0.416 e. The summed E-state index contributed by atoms with van der Waals surface area (Å²) in [5.74, 6) is 1.17. The molecule has 198 valence electrons. The number of halogens is 3. The zero-order chi connectivity index (χ0) is 26.5. The van der Waals surface area contributed by atoms with Crippen molar-refractivity contribution in [1.82, 2.24) is 4.90 Å². The van der Waals surface area contributed by atoms with E-state index in [1.54, 1.807) is 13.2 Å². The molecule has 0 aromatic heterocycles. The summed E-state index contributed by atoms with van der Waals surface area (Å²) in [5.41, 5.74) is 3.22. The Morgan fingerprint density at radius 1 is 1.11 bits per heavy atom. The van der Waals surface area contributed by atoms with Crippen LogP contribution >= 0.6 is 0 Å². The molecule has 36 heavy (non-hydrogen) atoms. The lowest BCUT2D eigenvalue weighted by Crippen LogP contribution is -2.50. The van der Waals surface area contributed by atoms with Crippen LogP contribution in [0.25, 0.3) is 0 Å². The summed E-state index contributed by atoms with van der Waals surface area (Å²) in [5, 5.41) is 0. The summed E-state index contributed by atoms with van der Waals surface area (Å²) in [6.45, 7) is 10.5. The number of carbonyl (C=O) groups excluding carboxylic acids is 1. The molecular weight excluding hydrogens is 465 g/mol. The lowest BCUT2D eigenvalue weighted by atomic mass is 9.96. The van der Waals surface area contributed by atoms with E-state index in [1.807, 2.05) is 24.8 Å². The highest BCUT2D eigenvalue weighted by molar-refractivity contribution is 5.79. The van der Waals surface area contributed by atoms with E-state index in [0.29, 0.717) is 44.9 Å². The fourth-order valence-electron chi connectivity index (χ4n) is 4.88. The number of hydrogen-bond donors (Lipinski definition) is 0. The molecule has 1 unspecified atom stereocenters. The fourth-order valence-corrected chi connectivity index (χ4v) is 4.88. The van der Waals surface area contributed by atoms with Crippen LogP contribution in [-0.4, -0.2) is 44.1 Å². The molecule has 1 atom stereocenters. The van der Waals surface area contributed by atoms with E-state index in [1.165, 1.54) is 12.1 Å². The van der Waals surface area contributed by atoms with Crippen molar-refractivity contribution in [3.05, 3.63) is 64.5 Å². The molecule has 1 heterocycles. The lowest BCUT2D eigenvalue weighted by Gasteiger charge is -2.38. The van der Waals surface area contributed by atoms with Crippen molar-refractivity contribution in [2.24, 2.45) is 11.8 Å². The predicted molar refractivity (Wildman–Crippen MR) is 139 cm³/mol. The monoisotopic (exact) mass is 504 g/mol. The number of rotatable bonds is 8. The van der Waals surface area contributed by atoms with Crippen LogP contribution in [0, 0.1) is 11.8 Å². The third-order valence-corrected chi connectivity index (χ3v) is 6.98. The summed E-state index contributed by atoms with van der Waals surface area (Å²) in [4.78, 5) is 17.3. The summed E-state index contributed by atoms with van der Waals surface area (Å²) in [6, 6.07) is 4.08. The molecular formula is C29H39F3N2O2. The largest absolute Gasteiger partial charge is 0.497 e. The van der Waals surface area contributed by atoms with Crippen LogP contribution in [0.3, 0.4) is 0 Å². The number of amides is 1. The van der Waals surface area contributed by atoms with Gasteiger partial charge in [0.2, 0.25) is 5.91 Å². The molecule has 4 nitrogen and oxygen atoms in total. The van der Waals surface area contributed by atoms with E-state index >= 15 is 0 Å². The van der Waals surface area contributed by atoms with Gasteiger partial charge in [0.25, 0.3) is 0 Å². The molecule has 0 radical (unpaired) electrons. The maximum atomic E-state index is 13.3. The van der Waals surface area contributed by atoms with Gasteiger partial charge >= 0.3 is 6.18 Å². The number of hydrogen-bond acceptors (Lipinski definition) is 3. The van der Waals surface area contributed by atoms with E-state index in [9.17, 15) is 18.0 Å². The minimum Gasteiger partial charge on any atom is -0.497 e. The molecule has 7 heteroatoms. The Balaban J connectivity index is 1.67. The number of nitrogens with zero attached hydrogens (tertiary/aromatic N) is 2. The highest BCUT2D eigenvalue weighted by Crippen LogP contribution is 2.34. The Morgan fingerprint density at radius 3 is 2.42 bits per heavy atom. The van der Waals surface area contributed by atoms with Crippen LogP contribution < -0.4 is 4.90 Å². The third-order valence-electron chi connectivity index (χ3n) is 6.98. The summed E-state index contributed by atoms with van der Waals surface area (Å²) in [6.07, 6.45) is 4.64. The normalized spacial score (nSPS) is 17.9. The average Bonchev–Trinajstić information content (AvgIpc) is 3.02. The van der Waals surface area contributed by atoms with Gasteiger partial charge in [0.1, 0.15) is 5.76 Å². The van der Waals surface area contributed by atoms with Crippen LogP contribution in [0.2, 0.25) is 0 Å². The van der Waals surface area contributed by atoms with Crippen molar-refractivity contribution in [3.63, 3.8) is 0 Å². The van der Waals surface area contributed by atoms with E-state index in [2.05, 4.69) is 30.9 Å². The molecule has 3 rings (SSSR count). The highest BCUT2D eigenvalue weighted by atomic mass is 19.4. The van der Waals surface area contributed by atoms with E-state index in [0.717, 1.165) is 41.0 Å². The van der Waals surface area contributed by atoms with Crippen LogP contribution in [0.4, 0.5) is 18.9 Å². The van der Waals surface area contributed by atoms with Crippen molar-refractivity contribution in [2.75, 3.05) is 38.2 Å². The first-order chi connectivity index (χ1) is 17.0. The Hall–Kier alpha value is -2.70. The SMILES string of the molecule is COC1=C(CC(C)C(=O)N2CCN(c3ccc(C(F)(F)F)cc3CCC(C)C)CC2)CC=CC(C)=C1. The smallest absolute Gasteiger partial charge is 0.416 e. The Bertz CT molecular complexity index is 1020. The minimum absolute atomic E-state index is 0.110. The van der Waals surface area contributed by atoms with Gasteiger partial charge < -0.3 is 14.5 Å². The van der Waals surface area contributed by atoms with E-state index < -0.39 is 11.7 Å². The first-order valence-corrected chi connectivity index (χ1v) is 12.8. The van der Waals surface area contributed by atoms with Crippen molar-refractivity contribution in [2.45, 2.75) is 59.6 Å². The minimum atomic E-state index is -4.36. The van der Waals surface area contributed by atoms with E-state index in [-0.39, 0.29) is 11.8 Å². The van der Waals surface area contributed by atoms with Crippen LogP contribution in [-0.2, 0) is 22.1 Å². The highest BCUT2D eigenvalue weighted by Gasteiger charge is 2.32. The second-order valence-corrected chi connectivity index (χ2v) is 10.4. The summed E-state index contributed by atoms with van der Waals surface area (Å²) < 4.78 is 45.6.